The molecule has 1 aliphatic carbocycles. The Hall–Kier alpha value is -0.610. The average molecular weight is 284 g/mol. The van der Waals surface area contributed by atoms with Crippen LogP contribution in [0.4, 0.5) is 0 Å². The molecule has 1 saturated carbocycles. The maximum atomic E-state index is 11.6. The second-order valence-corrected chi connectivity index (χ2v) is 6.11. The standard InChI is InChI=1S/C16H32N2O2/c1-4-11-17-16(5-2,15(19)20)10-7-12-18(6-3)13-14-8-9-14/h14,17H,4-13H2,1-3H3,(H,19,20). The highest BCUT2D eigenvalue weighted by Gasteiger charge is 2.35. The number of hydrogen-bond donors (Lipinski definition) is 2. The molecule has 0 aliphatic heterocycles. The van der Waals surface area contributed by atoms with Crippen molar-refractivity contribution in [1.82, 2.24) is 10.2 Å². The number of nitrogens with one attached hydrogen (secondary N) is 1. The lowest BCUT2D eigenvalue weighted by molar-refractivity contribution is -0.145. The molecule has 0 aromatic heterocycles. The number of aliphatic carboxylic acids is 1. The molecule has 1 fully saturated rings. The van der Waals surface area contributed by atoms with E-state index in [1.165, 1.54) is 19.4 Å². The molecule has 4 heteroatoms. The Morgan fingerprint density at radius 3 is 2.50 bits per heavy atom. The molecule has 1 aliphatic rings. The summed E-state index contributed by atoms with van der Waals surface area (Å²) < 4.78 is 0. The van der Waals surface area contributed by atoms with Gasteiger partial charge in [0, 0.05) is 6.54 Å². The fourth-order valence-corrected chi connectivity index (χ4v) is 2.74. The lowest BCUT2D eigenvalue weighted by Crippen LogP contribution is -2.52. The minimum absolute atomic E-state index is 0.650. The van der Waals surface area contributed by atoms with E-state index in [9.17, 15) is 9.90 Å². The molecule has 0 aromatic rings. The van der Waals surface area contributed by atoms with Crippen molar-refractivity contribution in [3.8, 4) is 0 Å². The van der Waals surface area contributed by atoms with Gasteiger partial charge in [-0.1, -0.05) is 20.8 Å². The zero-order valence-electron chi connectivity index (χ0n) is 13.5. The monoisotopic (exact) mass is 284 g/mol. The van der Waals surface area contributed by atoms with E-state index in [1.807, 2.05) is 6.92 Å². The highest BCUT2D eigenvalue weighted by Crippen LogP contribution is 2.29. The summed E-state index contributed by atoms with van der Waals surface area (Å²) in [6.45, 7) is 10.3. The van der Waals surface area contributed by atoms with Crippen molar-refractivity contribution in [2.75, 3.05) is 26.2 Å². The molecule has 118 valence electrons. The predicted octanol–water partition coefficient (Wildman–Crippen LogP) is 2.73. The first-order valence-electron chi connectivity index (χ1n) is 8.28. The molecule has 0 amide bonds. The van der Waals surface area contributed by atoms with Crippen LogP contribution < -0.4 is 5.32 Å². The van der Waals surface area contributed by atoms with Crippen LogP contribution in [0.25, 0.3) is 0 Å². The van der Waals surface area contributed by atoms with Crippen LogP contribution in [0.1, 0.15) is 59.3 Å². The Morgan fingerprint density at radius 1 is 1.35 bits per heavy atom. The Balaban J connectivity index is 2.41. The van der Waals surface area contributed by atoms with Crippen molar-refractivity contribution >= 4 is 5.97 Å². The van der Waals surface area contributed by atoms with Crippen LogP contribution in [0.2, 0.25) is 0 Å². The lowest BCUT2D eigenvalue weighted by atomic mass is 9.90. The van der Waals surface area contributed by atoms with Gasteiger partial charge in [-0.25, -0.2) is 0 Å². The smallest absolute Gasteiger partial charge is 0.323 e. The van der Waals surface area contributed by atoms with Gasteiger partial charge in [0.2, 0.25) is 0 Å². The number of hydrogen-bond acceptors (Lipinski definition) is 3. The summed E-state index contributed by atoms with van der Waals surface area (Å²) in [6.07, 6.45) is 6.05. The summed E-state index contributed by atoms with van der Waals surface area (Å²) in [4.78, 5) is 14.1. The Labute approximate surface area is 123 Å². The summed E-state index contributed by atoms with van der Waals surface area (Å²) in [5.74, 6) is 0.210. The van der Waals surface area contributed by atoms with Crippen molar-refractivity contribution in [3.63, 3.8) is 0 Å². The molecule has 1 atom stereocenters. The van der Waals surface area contributed by atoms with Gasteiger partial charge in [-0.05, 0) is 64.1 Å². The van der Waals surface area contributed by atoms with E-state index in [2.05, 4.69) is 24.1 Å². The molecule has 1 rings (SSSR count). The van der Waals surface area contributed by atoms with Crippen LogP contribution in [0.5, 0.6) is 0 Å². The third-order valence-electron chi connectivity index (χ3n) is 4.46. The number of carboxylic acids is 1. The molecule has 4 nitrogen and oxygen atoms in total. The first-order chi connectivity index (χ1) is 9.57. The summed E-state index contributed by atoms with van der Waals surface area (Å²) in [6, 6.07) is 0. The third-order valence-corrected chi connectivity index (χ3v) is 4.46. The van der Waals surface area contributed by atoms with E-state index in [1.54, 1.807) is 0 Å². The second kappa shape index (κ2) is 8.63. The van der Waals surface area contributed by atoms with E-state index in [4.69, 9.17) is 0 Å². The van der Waals surface area contributed by atoms with E-state index in [0.717, 1.165) is 44.8 Å². The zero-order chi connectivity index (χ0) is 15.0. The van der Waals surface area contributed by atoms with E-state index >= 15 is 0 Å². The number of carboxylic acid groups (broad SMARTS) is 1. The molecule has 0 aromatic carbocycles. The van der Waals surface area contributed by atoms with Crippen LogP contribution in [-0.4, -0.2) is 47.7 Å². The first-order valence-corrected chi connectivity index (χ1v) is 8.28. The van der Waals surface area contributed by atoms with Crippen molar-refractivity contribution in [2.24, 2.45) is 5.92 Å². The summed E-state index contributed by atoms with van der Waals surface area (Å²) >= 11 is 0. The molecule has 1 unspecified atom stereocenters. The van der Waals surface area contributed by atoms with E-state index < -0.39 is 11.5 Å². The maximum absolute atomic E-state index is 11.6. The molecule has 2 N–H and O–H groups in total. The maximum Gasteiger partial charge on any atom is 0.323 e. The van der Waals surface area contributed by atoms with Crippen LogP contribution in [0.15, 0.2) is 0 Å². The normalized spacial score (nSPS) is 18.2. The minimum Gasteiger partial charge on any atom is -0.480 e. The van der Waals surface area contributed by atoms with Gasteiger partial charge in [-0.15, -0.1) is 0 Å². The van der Waals surface area contributed by atoms with Crippen molar-refractivity contribution in [2.45, 2.75) is 64.8 Å². The molecule has 0 bridgehead atoms. The van der Waals surface area contributed by atoms with Gasteiger partial charge in [0.1, 0.15) is 5.54 Å². The van der Waals surface area contributed by atoms with Crippen molar-refractivity contribution in [1.29, 1.82) is 0 Å². The Morgan fingerprint density at radius 2 is 2.05 bits per heavy atom. The van der Waals surface area contributed by atoms with Gasteiger partial charge in [0.15, 0.2) is 0 Å². The summed E-state index contributed by atoms with van der Waals surface area (Å²) in [5, 5.41) is 12.8. The van der Waals surface area contributed by atoms with Gasteiger partial charge in [-0.3, -0.25) is 4.79 Å². The Bertz CT molecular complexity index is 292. The van der Waals surface area contributed by atoms with Crippen molar-refractivity contribution in [3.05, 3.63) is 0 Å². The van der Waals surface area contributed by atoms with Gasteiger partial charge in [0.05, 0.1) is 0 Å². The second-order valence-electron chi connectivity index (χ2n) is 6.11. The molecule has 0 saturated heterocycles. The van der Waals surface area contributed by atoms with Crippen LogP contribution >= 0.6 is 0 Å². The van der Waals surface area contributed by atoms with E-state index in [0.29, 0.717) is 6.42 Å². The highest BCUT2D eigenvalue weighted by molar-refractivity contribution is 5.78. The van der Waals surface area contributed by atoms with E-state index in [-0.39, 0.29) is 0 Å². The SMILES string of the molecule is CCCNC(CC)(CCCN(CC)CC1CC1)C(=O)O. The number of nitrogens with zero attached hydrogens (tertiary/aromatic N) is 1. The summed E-state index contributed by atoms with van der Waals surface area (Å²) in [5.41, 5.74) is -0.727. The van der Waals surface area contributed by atoms with Gasteiger partial charge in [-0.2, -0.15) is 0 Å². The summed E-state index contributed by atoms with van der Waals surface area (Å²) in [7, 11) is 0. The lowest BCUT2D eigenvalue weighted by Gasteiger charge is -2.30. The highest BCUT2D eigenvalue weighted by atomic mass is 16.4. The van der Waals surface area contributed by atoms with Crippen LogP contribution in [-0.2, 0) is 4.79 Å². The zero-order valence-corrected chi connectivity index (χ0v) is 13.5. The van der Waals surface area contributed by atoms with Crippen LogP contribution in [0.3, 0.4) is 0 Å². The first kappa shape index (κ1) is 17.4. The fourth-order valence-electron chi connectivity index (χ4n) is 2.74. The molecular formula is C16H32N2O2. The van der Waals surface area contributed by atoms with Gasteiger partial charge < -0.3 is 15.3 Å². The molecular weight excluding hydrogens is 252 g/mol. The fraction of sp³-hybridized carbons (Fsp3) is 0.938. The average Bonchev–Trinajstić information content (AvgIpc) is 3.25. The minimum atomic E-state index is -0.727. The molecule has 0 spiro atoms. The predicted molar refractivity (Wildman–Crippen MR) is 83.0 cm³/mol. The van der Waals surface area contributed by atoms with Gasteiger partial charge in [0.25, 0.3) is 0 Å². The molecule has 0 heterocycles. The van der Waals surface area contributed by atoms with Crippen LogP contribution in [0, 0.1) is 5.92 Å². The van der Waals surface area contributed by atoms with Crippen molar-refractivity contribution < 1.29 is 9.90 Å². The number of carbonyl (C=O) groups is 1. The topological polar surface area (TPSA) is 52.6 Å². The third kappa shape index (κ3) is 5.41. The quantitative estimate of drug-likeness (QED) is 0.578. The molecule has 20 heavy (non-hydrogen) atoms. The van der Waals surface area contributed by atoms with Gasteiger partial charge >= 0.3 is 5.97 Å². The number of rotatable bonds is 12. The molecule has 0 radical (unpaired) electrons. The Kier molecular flexibility index (Phi) is 7.52. The largest absolute Gasteiger partial charge is 0.480 e.